The highest BCUT2D eigenvalue weighted by Crippen LogP contribution is 2.45. The number of rotatable bonds is 4. The molecule has 0 bridgehead atoms. The number of aromatic nitrogens is 2. The lowest BCUT2D eigenvalue weighted by Gasteiger charge is -2.42. The summed E-state index contributed by atoms with van der Waals surface area (Å²) in [7, 11) is 0. The molecule has 1 aromatic carbocycles. The molecule has 0 atom stereocenters. The Morgan fingerprint density at radius 2 is 1.83 bits per heavy atom. The van der Waals surface area contributed by atoms with Gasteiger partial charge in [-0.25, -0.2) is 9.97 Å². The summed E-state index contributed by atoms with van der Waals surface area (Å²) in [6, 6.07) is 4.36. The number of fused-ring (bicyclic) bond motifs is 1. The molecule has 0 unspecified atom stereocenters. The van der Waals surface area contributed by atoms with E-state index in [1.165, 1.54) is 5.56 Å². The first-order chi connectivity index (χ1) is 14.1. The molecule has 158 valence electrons. The number of nitrogens with zero attached hydrogens (tertiary/aromatic N) is 2. The second-order valence-corrected chi connectivity index (χ2v) is 9.01. The van der Waals surface area contributed by atoms with Crippen LogP contribution in [0.15, 0.2) is 24.5 Å². The lowest BCUT2D eigenvalue weighted by Crippen LogP contribution is -2.41. The molecule has 2 aromatic rings. The van der Waals surface area contributed by atoms with Crippen LogP contribution >= 0.6 is 0 Å². The molecule has 0 fully saturated rings. The van der Waals surface area contributed by atoms with Gasteiger partial charge in [-0.3, -0.25) is 4.79 Å². The predicted molar refractivity (Wildman–Crippen MR) is 117 cm³/mol. The van der Waals surface area contributed by atoms with Gasteiger partial charge in [0, 0.05) is 29.9 Å². The van der Waals surface area contributed by atoms with Gasteiger partial charge in [0.15, 0.2) is 0 Å². The van der Waals surface area contributed by atoms with E-state index in [-0.39, 0.29) is 23.0 Å². The minimum atomic E-state index is -0.328. The van der Waals surface area contributed by atoms with Gasteiger partial charge in [-0.05, 0) is 56.2 Å². The molecule has 5 nitrogen and oxygen atoms in total. The Bertz CT molecular complexity index is 996. The maximum Gasteiger partial charge on any atom is 0.324 e. The zero-order valence-electron chi connectivity index (χ0n) is 18.8. The van der Waals surface area contributed by atoms with Crippen molar-refractivity contribution in [3.63, 3.8) is 0 Å². The summed E-state index contributed by atoms with van der Waals surface area (Å²) >= 11 is 0. The van der Waals surface area contributed by atoms with Crippen molar-refractivity contribution in [1.82, 2.24) is 9.97 Å². The van der Waals surface area contributed by atoms with Crippen LogP contribution in [0.1, 0.15) is 83.1 Å². The Labute approximate surface area is 179 Å². The van der Waals surface area contributed by atoms with E-state index in [2.05, 4.69) is 68.6 Å². The van der Waals surface area contributed by atoms with Gasteiger partial charge in [-0.15, -0.1) is 0 Å². The van der Waals surface area contributed by atoms with Crippen molar-refractivity contribution in [2.75, 3.05) is 0 Å². The molecule has 0 N–H and O–H groups in total. The fraction of sp³-hybridized carbons (Fsp3) is 0.480. The molecule has 1 aromatic heterocycles. The molecule has 0 saturated heterocycles. The van der Waals surface area contributed by atoms with Crippen molar-refractivity contribution in [2.24, 2.45) is 0 Å². The molecular formula is C25H30N2O3. The van der Waals surface area contributed by atoms with Gasteiger partial charge in [0.25, 0.3) is 0 Å². The highest BCUT2D eigenvalue weighted by molar-refractivity contribution is 5.71. The van der Waals surface area contributed by atoms with Crippen LogP contribution in [0.4, 0.5) is 0 Å². The predicted octanol–water partition coefficient (Wildman–Crippen LogP) is 4.98. The number of ether oxygens (including phenoxy) is 2. The average Bonchev–Trinajstić information content (AvgIpc) is 2.65. The summed E-state index contributed by atoms with van der Waals surface area (Å²) in [6.45, 7) is 12.8. The van der Waals surface area contributed by atoms with Gasteiger partial charge in [-0.2, -0.15) is 0 Å². The molecular weight excluding hydrogens is 376 g/mol. The van der Waals surface area contributed by atoms with E-state index in [0.29, 0.717) is 12.0 Å². The largest absolute Gasteiger partial charge is 0.488 e. The smallest absolute Gasteiger partial charge is 0.324 e. The molecule has 2 heterocycles. The van der Waals surface area contributed by atoms with Gasteiger partial charge in [-0.1, -0.05) is 39.5 Å². The first-order valence-electron chi connectivity index (χ1n) is 10.5. The normalized spacial score (nSPS) is 15.9. The number of hydrogen-bond acceptors (Lipinski definition) is 5. The quantitative estimate of drug-likeness (QED) is 0.529. The number of esters is 1. The first kappa shape index (κ1) is 21.8. The van der Waals surface area contributed by atoms with Crippen molar-refractivity contribution < 1.29 is 14.3 Å². The van der Waals surface area contributed by atoms with Gasteiger partial charge < -0.3 is 9.47 Å². The SMILES string of the molecule is CCCC(=O)Oc1ncc(C#Cc2cc3c(cc2CC)OC(C)(C)CC3(C)C)cn1. The highest BCUT2D eigenvalue weighted by Gasteiger charge is 2.39. The second-order valence-electron chi connectivity index (χ2n) is 9.01. The highest BCUT2D eigenvalue weighted by atomic mass is 16.5. The monoisotopic (exact) mass is 406 g/mol. The molecule has 0 spiro atoms. The minimum absolute atomic E-state index is 0.00685. The summed E-state index contributed by atoms with van der Waals surface area (Å²) in [4.78, 5) is 19.7. The van der Waals surface area contributed by atoms with Crippen molar-refractivity contribution in [2.45, 2.75) is 78.2 Å². The second kappa shape index (κ2) is 8.47. The Morgan fingerprint density at radius 3 is 2.47 bits per heavy atom. The molecule has 5 heteroatoms. The van der Waals surface area contributed by atoms with Crippen molar-refractivity contribution in [3.05, 3.63) is 46.8 Å². The maximum absolute atomic E-state index is 11.5. The zero-order chi connectivity index (χ0) is 21.9. The topological polar surface area (TPSA) is 61.3 Å². The Morgan fingerprint density at radius 1 is 1.13 bits per heavy atom. The van der Waals surface area contributed by atoms with Crippen LogP contribution in [-0.4, -0.2) is 21.5 Å². The van der Waals surface area contributed by atoms with Crippen molar-refractivity contribution in [3.8, 4) is 23.6 Å². The summed E-state index contributed by atoms with van der Waals surface area (Å²) in [6.07, 6.45) is 6.03. The summed E-state index contributed by atoms with van der Waals surface area (Å²) in [5, 5.41) is 0. The van der Waals surface area contributed by atoms with Crippen molar-refractivity contribution >= 4 is 5.97 Å². The molecule has 1 aliphatic heterocycles. The fourth-order valence-electron chi connectivity index (χ4n) is 4.07. The zero-order valence-corrected chi connectivity index (χ0v) is 18.8. The number of carbonyl (C=O) groups is 1. The summed E-state index contributed by atoms with van der Waals surface area (Å²) < 4.78 is 11.4. The number of hydrogen-bond donors (Lipinski definition) is 0. The first-order valence-corrected chi connectivity index (χ1v) is 10.5. The third kappa shape index (κ3) is 4.99. The Kier molecular flexibility index (Phi) is 6.17. The van der Waals surface area contributed by atoms with Crippen LogP contribution < -0.4 is 9.47 Å². The van der Waals surface area contributed by atoms with Gasteiger partial charge in [0.2, 0.25) is 0 Å². The number of carbonyl (C=O) groups excluding carboxylic acids is 1. The third-order valence-electron chi connectivity index (χ3n) is 5.20. The van der Waals surface area contributed by atoms with Crippen molar-refractivity contribution in [1.29, 1.82) is 0 Å². The van der Waals surface area contributed by atoms with E-state index in [1.807, 2.05) is 6.92 Å². The lowest BCUT2D eigenvalue weighted by atomic mass is 9.73. The van der Waals surface area contributed by atoms with Crippen LogP contribution in [0.2, 0.25) is 0 Å². The van der Waals surface area contributed by atoms with E-state index in [9.17, 15) is 4.79 Å². The molecule has 0 radical (unpaired) electrons. The van der Waals surface area contributed by atoms with Crippen LogP contribution in [0.5, 0.6) is 11.8 Å². The van der Waals surface area contributed by atoms with Gasteiger partial charge in [0.1, 0.15) is 11.4 Å². The van der Waals surface area contributed by atoms with E-state index >= 15 is 0 Å². The van der Waals surface area contributed by atoms with Gasteiger partial charge >= 0.3 is 12.0 Å². The number of aryl methyl sites for hydroxylation is 1. The third-order valence-corrected chi connectivity index (χ3v) is 5.20. The average molecular weight is 407 g/mol. The molecule has 0 saturated carbocycles. The van der Waals surface area contributed by atoms with Crippen LogP contribution in [0.25, 0.3) is 0 Å². The van der Waals surface area contributed by atoms with Crippen LogP contribution in [-0.2, 0) is 16.6 Å². The molecule has 0 aliphatic carbocycles. The lowest BCUT2D eigenvalue weighted by molar-refractivity contribution is -0.134. The molecule has 1 aliphatic rings. The minimum Gasteiger partial charge on any atom is -0.488 e. The molecule has 0 amide bonds. The van der Waals surface area contributed by atoms with E-state index in [4.69, 9.17) is 9.47 Å². The fourth-order valence-corrected chi connectivity index (χ4v) is 4.07. The molecule has 30 heavy (non-hydrogen) atoms. The molecule has 3 rings (SSSR count). The van der Waals surface area contributed by atoms with Crippen LogP contribution in [0, 0.1) is 11.8 Å². The summed E-state index contributed by atoms with van der Waals surface area (Å²) in [5.41, 5.74) is 3.83. The van der Waals surface area contributed by atoms with Gasteiger partial charge in [0.05, 0.1) is 5.56 Å². The van der Waals surface area contributed by atoms with E-state index in [1.54, 1.807) is 12.4 Å². The Balaban J connectivity index is 1.88. The summed E-state index contributed by atoms with van der Waals surface area (Å²) in [5.74, 6) is 7.04. The van der Waals surface area contributed by atoms with E-state index < -0.39 is 0 Å². The van der Waals surface area contributed by atoms with E-state index in [0.717, 1.165) is 36.1 Å². The Hall–Kier alpha value is -2.87. The number of benzene rings is 1. The maximum atomic E-state index is 11.5. The standard InChI is InChI=1S/C25H30N2O3/c1-7-9-22(28)29-23-26-14-17(15-27-23)10-11-19-12-20-21(13-18(19)8-2)30-25(5,6)16-24(20,3)4/h12-15H,7-9,16H2,1-6H3. The van der Waals surface area contributed by atoms with Crippen LogP contribution in [0.3, 0.4) is 0 Å².